The first-order chi connectivity index (χ1) is 8.83. The third kappa shape index (κ3) is 3.11. The molecule has 0 amide bonds. The van der Waals surface area contributed by atoms with Crippen molar-refractivity contribution in [2.24, 2.45) is 5.73 Å². The molecule has 0 aliphatic rings. The maximum Gasteiger partial charge on any atom is 0.122 e. The molecule has 0 fully saturated rings. The first-order valence-electron chi connectivity index (χ1n) is 6.32. The zero-order chi connectivity index (χ0) is 12.8. The Hall–Kier alpha value is -1.80. The molecule has 0 radical (unpaired) electrons. The Morgan fingerprint density at radius 2 is 1.78 bits per heavy atom. The average Bonchev–Trinajstić information content (AvgIpc) is 2.45. The number of para-hydroxylation sites is 1. The van der Waals surface area contributed by atoms with Crippen LogP contribution in [0.1, 0.15) is 23.6 Å². The fourth-order valence-electron chi connectivity index (χ4n) is 1.94. The van der Waals surface area contributed by atoms with Crippen LogP contribution < -0.4 is 10.5 Å². The molecular formula is C16H19NO. The zero-order valence-electron chi connectivity index (χ0n) is 10.7. The maximum atomic E-state index is 5.87. The summed E-state index contributed by atoms with van der Waals surface area (Å²) in [6.45, 7) is 3.29. The molecule has 2 aromatic carbocycles. The normalized spacial score (nSPS) is 10.3. The van der Waals surface area contributed by atoms with E-state index >= 15 is 0 Å². The summed E-state index contributed by atoms with van der Waals surface area (Å²) in [5.41, 5.74) is 9.17. The lowest BCUT2D eigenvalue weighted by Crippen LogP contribution is -2.01. The van der Waals surface area contributed by atoms with E-state index in [9.17, 15) is 0 Å². The maximum absolute atomic E-state index is 5.87. The summed E-state index contributed by atoms with van der Waals surface area (Å²) < 4.78 is 5.87. The van der Waals surface area contributed by atoms with E-state index in [2.05, 4.69) is 25.1 Å². The summed E-state index contributed by atoms with van der Waals surface area (Å²) in [5.74, 6) is 0.971. The molecule has 18 heavy (non-hydrogen) atoms. The molecule has 94 valence electrons. The van der Waals surface area contributed by atoms with Gasteiger partial charge in [-0.1, -0.05) is 49.4 Å². The highest BCUT2D eigenvalue weighted by Crippen LogP contribution is 2.19. The van der Waals surface area contributed by atoms with Crippen molar-refractivity contribution in [3.8, 4) is 5.75 Å². The van der Waals surface area contributed by atoms with Crippen molar-refractivity contribution in [1.29, 1.82) is 0 Å². The highest BCUT2D eigenvalue weighted by atomic mass is 16.5. The lowest BCUT2D eigenvalue weighted by Gasteiger charge is -2.10. The highest BCUT2D eigenvalue weighted by Gasteiger charge is 2.01. The summed E-state index contributed by atoms with van der Waals surface area (Å²) in [5, 5.41) is 0. The number of benzene rings is 2. The van der Waals surface area contributed by atoms with Crippen LogP contribution in [0.15, 0.2) is 48.5 Å². The molecule has 0 atom stereocenters. The van der Waals surface area contributed by atoms with Gasteiger partial charge in [0.05, 0.1) is 0 Å². The summed E-state index contributed by atoms with van der Waals surface area (Å²) in [6.07, 6.45) is 0.985. The van der Waals surface area contributed by atoms with Gasteiger partial charge in [0, 0.05) is 6.54 Å². The molecule has 0 saturated carbocycles. The summed E-state index contributed by atoms with van der Waals surface area (Å²) in [4.78, 5) is 0. The van der Waals surface area contributed by atoms with Crippen LogP contribution in [-0.2, 0) is 19.6 Å². The molecule has 0 heterocycles. The standard InChI is InChI=1S/C16H19NO/c1-2-15-8-3-4-9-16(15)18-12-14-7-5-6-13(10-14)11-17/h3-10H,2,11-12,17H2,1H3. The van der Waals surface area contributed by atoms with E-state index in [4.69, 9.17) is 10.5 Å². The van der Waals surface area contributed by atoms with Crippen molar-refractivity contribution < 1.29 is 4.74 Å². The Morgan fingerprint density at radius 3 is 2.56 bits per heavy atom. The predicted molar refractivity (Wildman–Crippen MR) is 74.5 cm³/mol. The molecule has 0 aliphatic heterocycles. The lowest BCUT2D eigenvalue weighted by atomic mass is 10.1. The Labute approximate surface area is 108 Å². The van der Waals surface area contributed by atoms with Gasteiger partial charge in [0.1, 0.15) is 12.4 Å². The van der Waals surface area contributed by atoms with Crippen molar-refractivity contribution >= 4 is 0 Å². The van der Waals surface area contributed by atoms with Gasteiger partial charge in [0.2, 0.25) is 0 Å². The van der Waals surface area contributed by atoms with Crippen LogP contribution in [0.2, 0.25) is 0 Å². The smallest absolute Gasteiger partial charge is 0.122 e. The average molecular weight is 241 g/mol. The fourth-order valence-corrected chi connectivity index (χ4v) is 1.94. The van der Waals surface area contributed by atoms with Crippen molar-refractivity contribution in [3.63, 3.8) is 0 Å². The van der Waals surface area contributed by atoms with Crippen LogP contribution in [0.5, 0.6) is 5.75 Å². The Morgan fingerprint density at radius 1 is 1.00 bits per heavy atom. The predicted octanol–water partition coefficient (Wildman–Crippen LogP) is 3.29. The third-order valence-electron chi connectivity index (χ3n) is 2.97. The summed E-state index contributed by atoms with van der Waals surface area (Å²) in [6, 6.07) is 16.4. The number of hydrogen-bond donors (Lipinski definition) is 1. The van der Waals surface area contributed by atoms with Crippen LogP contribution in [0, 0.1) is 0 Å². The minimum atomic E-state index is 0.569. The fraction of sp³-hybridized carbons (Fsp3) is 0.250. The molecule has 0 aliphatic carbocycles. The van der Waals surface area contributed by atoms with E-state index in [0.717, 1.165) is 23.3 Å². The molecule has 0 unspecified atom stereocenters. The van der Waals surface area contributed by atoms with Crippen LogP contribution in [-0.4, -0.2) is 0 Å². The number of ether oxygens (including phenoxy) is 1. The highest BCUT2D eigenvalue weighted by molar-refractivity contribution is 5.33. The quantitative estimate of drug-likeness (QED) is 0.871. The SMILES string of the molecule is CCc1ccccc1OCc1cccc(CN)c1. The second-order valence-corrected chi connectivity index (χ2v) is 4.27. The molecule has 0 aromatic heterocycles. The monoisotopic (exact) mass is 241 g/mol. The van der Waals surface area contributed by atoms with Gasteiger partial charge >= 0.3 is 0 Å². The summed E-state index contributed by atoms with van der Waals surface area (Å²) >= 11 is 0. The van der Waals surface area contributed by atoms with Gasteiger partial charge in [-0.2, -0.15) is 0 Å². The van der Waals surface area contributed by atoms with Gasteiger partial charge in [-0.3, -0.25) is 0 Å². The largest absolute Gasteiger partial charge is 0.489 e. The van der Waals surface area contributed by atoms with E-state index in [1.54, 1.807) is 0 Å². The summed E-state index contributed by atoms with van der Waals surface area (Å²) in [7, 11) is 0. The molecule has 0 bridgehead atoms. The zero-order valence-corrected chi connectivity index (χ0v) is 10.7. The number of nitrogens with two attached hydrogens (primary N) is 1. The van der Waals surface area contributed by atoms with Crippen LogP contribution in [0.4, 0.5) is 0 Å². The molecule has 2 rings (SSSR count). The van der Waals surface area contributed by atoms with E-state index in [-0.39, 0.29) is 0 Å². The Bertz CT molecular complexity index is 508. The van der Waals surface area contributed by atoms with E-state index in [0.29, 0.717) is 13.2 Å². The molecule has 2 heteroatoms. The van der Waals surface area contributed by atoms with Gasteiger partial charge in [-0.25, -0.2) is 0 Å². The first kappa shape index (κ1) is 12.7. The Balaban J connectivity index is 2.06. The first-order valence-corrected chi connectivity index (χ1v) is 6.32. The molecule has 0 saturated heterocycles. The van der Waals surface area contributed by atoms with Crippen molar-refractivity contribution in [1.82, 2.24) is 0 Å². The third-order valence-corrected chi connectivity index (χ3v) is 2.97. The number of rotatable bonds is 5. The van der Waals surface area contributed by atoms with Gasteiger partial charge in [-0.05, 0) is 29.2 Å². The van der Waals surface area contributed by atoms with Crippen LogP contribution >= 0.6 is 0 Å². The number of aryl methyl sites for hydroxylation is 1. The van der Waals surface area contributed by atoms with Crippen molar-refractivity contribution in [2.45, 2.75) is 26.5 Å². The topological polar surface area (TPSA) is 35.2 Å². The molecule has 2 nitrogen and oxygen atoms in total. The van der Waals surface area contributed by atoms with Crippen molar-refractivity contribution in [3.05, 3.63) is 65.2 Å². The molecule has 0 spiro atoms. The van der Waals surface area contributed by atoms with E-state index in [1.807, 2.05) is 30.3 Å². The van der Waals surface area contributed by atoms with E-state index < -0.39 is 0 Å². The minimum absolute atomic E-state index is 0.569. The van der Waals surface area contributed by atoms with E-state index in [1.165, 1.54) is 5.56 Å². The van der Waals surface area contributed by atoms with Crippen LogP contribution in [0.3, 0.4) is 0 Å². The number of hydrogen-bond acceptors (Lipinski definition) is 2. The van der Waals surface area contributed by atoms with Gasteiger partial charge in [0.15, 0.2) is 0 Å². The molecule has 2 N–H and O–H groups in total. The van der Waals surface area contributed by atoms with Gasteiger partial charge in [0.25, 0.3) is 0 Å². The Kier molecular flexibility index (Phi) is 4.37. The molecular weight excluding hydrogens is 222 g/mol. The lowest BCUT2D eigenvalue weighted by molar-refractivity contribution is 0.303. The van der Waals surface area contributed by atoms with Gasteiger partial charge in [-0.15, -0.1) is 0 Å². The van der Waals surface area contributed by atoms with Crippen molar-refractivity contribution in [2.75, 3.05) is 0 Å². The van der Waals surface area contributed by atoms with Gasteiger partial charge < -0.3 is 10.5 Å². The second kappa shape index (κ2) is 6.22. The van der Waals surface area contributed by atoms with Crippen LogP contribution in [0.25, 0.3) is 0 Å². The second-order valence-electron chi connectivity index (χ2n) is 4.27. The minimum Gasteiger partial charge on any atom is -0.489 e. The molecule has 2 aromatic rings.